The maximum Gasteiger partial charge on any atom is 0.325 e. The van der Waals surface area contributed by atoms with Gasteiger partial charge in [-0.05, 0) is 85.0 Å². The number of hydrogen-bond donors (Lipinski definition) is 2. The SMILES string of the molecule is COc1ccc2cc([C@]3(C)NC(=O)N(CC(=O)Nc4ccc(N5CCCCC5)cc4)C3=O)ccc2c1. The Hall–Kier alpha value is -4.07. The van der Waals surface area contributed by atoms with E-state index in [-0.39, 0.29) is 6.54 Å². The smallest absolute Gasteiger partial charge is 0.325 e. The van der Waals surface area contributed by atoms with Crippen molar-refractivity contribution in [3.05, 3.63) is 66.2 Å². The molecule has 3 aromatic carbocycles. The molecule has 2 heterocycles. The summed E-state index contributed by atoms with van der Waals surface area (Å²) in [6.07, 6.45) is 3.65. The number of imide groups is 1. The number of amides is 4. The summed E-state index contributed by atoms with van der Waals surface area (Å²) in [5.74, 6) is -0.153. The van der Waals surface area contributed by atoms with Gasteiger partial charge in [-0.3, -0.25) is 14.5 Å². The Morgan fingerprint density at radius 3 is 2.39 bits per heavy atom. The normalized spacial score (nSPS) is 19.9. The molecule has 186 valence electrons. The molecule has 5 rings (SSSR count). The van der Waals surface area contributed by atoms with Gasteiger partial charge in [0.25, 0.3) is 5.91 Å². The molecule has 4 amide bonds. The number of fused-ring (bicyclic) bond motifs is 1. The second-order valence-electron chi connectivity index (χ2n) is 9.52. The van der Waals surface area contributed by atoms with Crippen molar-refractivity contribution in [1.82, 2.24) is 10.2 Å². The number of ether oxygens (including phenoxy) is 1. The van der Waals surface area contributed by atoms with E-state index in [1.165, 1.54) is 19.3 Å². The highest BCUT2D eigenvalue weighted by Crippen LogP contribution is 2.32. The largest absolute Gasteiger partial charge is 0.497 e. The third-order valence-electron chi connectivity index (χ3n) is 7.07. The number of benzene rings is 3. The summed E-state index contributed by atoms with van der Waals surface area (Å²) >= 11 is 0. The zero-order valence-corrected chi connectivity index (χ0v) is 20.5. The highest BCUT2D eigenvalue weighted by atomic mass is 16.5. The first kappa shape index (κ1) is 23.7. The molecule has 0 unspecified atom stereocenters. The predicted octanol–water partition coefficient (Wildman–Crippen LogP) is 4.24. The summed E-state index contributed by atoms with van der Waals surface area (Å²) in [5.41, 5.74) is 1.14. The molecule has 0 aromatic heterocycles. The third-order valence-corrected chi connectivity index (χ3v) is 7.07. The number of hydrogen-bond acceptors (Lipinski definition) is 5. The topological polar surface area (TPSA) is 91.0 Å². The van der Waals surface area contributed by atoms with E-state index in [1.807, 2.05) is 60.7 Å². The fourth-order valence-electron chi connectivity index (χ4n) is 4.95. The van der Waals surface area contributed by atoms with Gasteiger partial charge in [-0.15, -0.1) is 0 Å². The standard InChI is InChI=1S/C28H30N4O4/c1-28(21-8-6-20-17-24(36-2)13-7-19(20)16-21)26(34)32(27(35)30-28)18-25(33)29-22-9-11-23(12-10-22)31-14-4-3-5-15-31/h6-13,16-17H,3-5,14-15,18H2,1-2H3,(H,29,33)(H,30,35)/t28-/m0/s1. The van der Waals surface area contributed by atoms with Crippen molar-refractivity contribution in [3.63, 3.8) is 0 Å². The van der Waals surface area contributed by atoms with Gasteiger partial charge in [0.05, 0.1) is 7.11 Å². The van der Waals surface area contributed by atoms with E-state index in [0.717, 1.165) is 40.2 Å². The summed E-state index contributed by atoms with van der Waals surface area (Å²) in [4.78, 5) is 42.1. The number of rotatable bonds is 6. The molecule has 0 radical (unpaired) electrons. The Kier molecular flexibility index (Phi) is 6.26. The van der Waals surface area contributed by atoms with Gasteiger partial charge in [-0.25, -0.2) is 4.79 Å². The van der Waals surface area contributed by atoms with Crippen LogP contribution in [0.3, 0.4) is 0 Å². The lowest BCUT2D eigenvalue weighted by molar-refractivity contribution is -0.133. The van der Waals surface area contributed by atoms with Crippen molar-refractivity contribution < 1.29 is 19.1 Å². The number of nitrogens with zero attached hydrogens (tertiary/aromatic N) is 2. The van der Waals surface area contributed by atoms with Crippen LogP contribution in [0.4, 0.5) is 16.2 Å². The van der Waals surface area contributed by atoms with Crippen molar-refractivity contribution in [2.24, 2.45) is 0 Å². The van der Waals surface area contributed by atoms with Crippen LogP contribution in [0, 0.1) is 0 Å². The Morgan fingerprint density at radius 2 is 1.67 bits per heavy atom. The van der Waals surface area contributed by atoms with E-state index in [0.29, 0.717) is 11.3 Å². The molecule has 2 aliphatic rings. The van der Waals surface area contributed by atoms with Gasteiger partial charge in [-0.2, -0.15) is 0 Å². The molecule has 0 bridgehead atoms. The maximum absolute atomic E-state index is 13.3. The minimum atomic E-state index is -1.26. The fraction of sp³-hybridized carbons (Fsp3) is 0.321. The molecule has 1 atom stereocenters. The Morgan fingerprint density at radius 1 is 0.972 bits per heavy atom. The molecule has 2 aliphatic heterocycles. The van der Waals surface area contributed by atoms with Gasteiger partial charge in [0, 0.05) is 24.5 Å². The van der Waals surface area contributed by atoms with Gasteiger partial charge in [0.1, 0.15) is 17.8 Å². The summed E-state index contributed by atoms with van der Waals surface area (Å²) in [6, 6.07) is 18.3. The van der Waals surface area contributed by atoms with Crippen LogP contribution in [0.5, 0.6) is 5.75 Å². The first-order valence-corrected chi connectivity index (χ1v) is 12.2. The van der Waals surface area contributed by atoms with Gasteiger partial charge >= 0.3 is 6.03 Å². The van der Waals surface area contributed by atoms with Crippen LogP contribution >= 0.6 is 0 Å². The van der Waals surface area contributed by atoms with Crippen molar-refractivity contribution in [3.8, 4) is 5.75 Å². The zero-order valence-electron chi connectivity index (χ0n) is 20.5. The van der Waals surface area contributed by atoms with Crippen molar-refractivity contribution in [2.75, 3.05) is 37.0 Å². The lowest BCUT2D eigenvalue weighted by atomic mass is 9.90. The number of piperidine rings is 1. The van der Waals surface area contributed by atoms with E-state index >= 15 is 0 Å². The molecule has 36 heavy (non-hydrogen) atoms. The van der Waals surface area contributed by atoms with Crippen molar-refractivity contribution in [2.45, 2.75) is 31.7 Å². The first-order valence-electron chi connectivity index (χ1n) is 12.2. The lowest BCUT2D eigenvalue weighted by Crippen LogP contribution is -2.42. The zero-order chi connectivity index (χ0) is 25.3. The number of carbonyl (C=O) groups is 3. The van der Waals surface area contributed by atoms with E-state index < -0.39 is 23.4 Å². The molecule has 8 heteroatoms. The molecule has 8 nitrogen and oxygen atoms in total. The fourth-order valence-corrected chi connectivity index (χ4v) is 4.95. The number of nitrogens with one attached hydrogen (secondary N) is 2. The van der Waals surface area contributed by atoms with Gasteiger partial charge < -0.3 is 20.3 Å². The Labute approximate surface area is 210 Å². The van der Waals surface area contributed by atoms with Gasteiger partial charge in [0.15, 0.2) is 0 Å². The van der Waals surface area contributed by atoms with Crippen LogP contribution in [0.25, 0.3) is 10.8 Å². The van der Waals surface area contributed by atoms with Crippen molar-refractivity contribution in [1.29, 1.82) is 0 Å². The summed E-state index contributed by atoms with van der Waals surface area (Å²) < 4.78 is 5.27. The minimum absolute atomic E-state index is 0.362. The second kappa shape index (κ2) is 9.53. The molecule has 2 N–H and O–H groups in total. The summed E-state index contributed by atoms with van der Waals surface area (Å²) in [6.45, 7) is 3.39. The molecule has 0 spiro atoms. The number of anilines is 2. The van der Waals surface area contributed by atoms with E-state index in [1.54, 1.807) is 14.0 Å². The highest BCUT2D eigenvalue weighted by Gasteiger charge is 2.49. The minimum Gasteiger partial charge on any atom is -0.497 e. The molecule has 0 saturated carbocycles. The van der Waals surface area contributed by atoms with Crippen LogP contribution in [-0.2, 0) is 15.1 Å². The van der Waals surface area contributed by atoms with E-state index in [9.17, 15) is 14.4 Å². The van der Waals surface area contributed by atoms with Gasteiger partial charge in [-0.1, -0.05) is 18.2 Å². The molecule has 2 saturated heterocycles. The Bertz CT molecular complexity index is 1320. The van der Waals surface area contributed by atoms with E-state index in [2.05, 4.69) is 15.5 Å². The van der Waals surface area contributed by atoms with E-state index in [4.69, 9.17) is 4.74 Å². The van der Waals surface area contributed by atoms with Crippen LogP contribution < -0.4 is 20.3 Å². The van der Waals surface area contributed by atoms with Gasteiger partial charge in [0.2, 0.25) is 5.91 Å². The average Bonchev–Trinajstić information content (AvgIpc) is 3.12. The maximum atomic E-state index is 13.3. The Balaban J connectivity index is 1.26. The van der Waals surface area contributed by atoms with Crippen LogP contribution in [0.2, 0.25) is 0 Å². The first-order chi connectivity index (χ1) is 17.4. The predicted molar refractivity (Wildman–Crippen MR) is 139 cm³/mol. The summed E-state index contributed by atoms with van der Waals surface area (Å²) in [5, 5.41) is 7.45. The monoisotopic (exact) mass is 486 g/mol. The second-order valence-corrected chi connectivity index (χ2v) is 9.52. The number of carbonyl (C=O) groups excluding carboxylic acids is 3. The van der Waals surface area contributed by atoms with Crippen LogP contribution in [-0.4, -0.2) is 49.5 Å². The summed E-state index contributed by atoms with van der Waals surface area (Å²) in [7, 11) is 1.61. The molecule has 0 aliphatic carbocycles. The number of methoxy groups -OCH3 is 1. The number of urea groups is 1. The molecular weight excluding hydrogens is 456 g/mol. The average molecular weight is 487 g/mol. The lowest BCUT2D eigenvalue weighted by Gasteiger charge is -2.28. The van der Waals surface area contributed by atoms with Crippen LogP contribution in [0.15, 0.2) is 60.7 Å². The molecule has 2 fully saturated rings. The molecule has 3 aromatic rings. The van der Waals surface area contributed by atoms with Crippen molar-refractivity contribution >= 4 is 40.0 Å². The highest BCUT2D eigenvalue weighted by molar-refractivity contribution is 6.10. The van der Waals surface area contributed by atoms with Crippen LogP contribution in [0.1, 0.15) is 31.7 Å². The third kappa shape index (κ3) is 4.46. The quantitative estimate of drug-likeness (QED) is 0.509. The molecular formula is C28H30N4O4.